The minimum Gasteiger partial charge on any atom is -0.507 e. The van der Waals surface area contributed by atoms with Gasteiger partial charge in [0.2, 0.25) is 0 Å². The van der Waals surface area contributed by atoms with Gasteiger partial charge < -0.3 is 14.6 Å². The van der Waals surface area contributed by atoms with Crippen LogP contribution in [-0.2, 0) is 4.79 Å². The maximum atomic E-state index is 11.9. The first-order chi connectivity index (χ1) is 8.17. The van der Waals surface area contributed by atoms with Crippen molar-refractivity contribution < 1.29 is 19.4 Å². The number of fused-ring (bicyclic) bond motifs is 1. The Morgan fingerprint density at radius 2 is 2.35 bits per heavy atom. The molecule has 17 heavy (non-hydrogen) atoms. The maximum absolute atomic E-state index is 11.9. The fourth-order valence-corrected chi connectivity index (χ4v) is 2.46. The first kappa shape index (κ1) is 12.3. The normalized spacial score (nSPS) is 18.4. The van der Waals surface area contributed by atoms with Crippen LogP contribution in [0.3, 0.4) is 0 Å². The summed E-state index contributed by atoms with van der Waals surface area (Å²) in [6, 6.07) is 2.98. The molecule has 1 aromatic rings. The van der Waals surface area contributed by atoms with E-state index in [9.17, 15) is 14.7 Å². The van der Waals surface area contributed by atoms with Gasteiger partial charge in [0.1, 0.15) is 29.5 Å². The van der Waals surface area contributed by atoms with Crippen molar-refractivity contribution in [3.05, 3.63) is 17.7 Å². The molecule has 6 heteroatoms. The molecular weight excluding hydrogens is 264 g/mol. The Morgan fingerprint density at radius 1 is 1.59 bits per heavy atom. The number of carbonyl (C=O) groups is 2. The second kappa shape index (κ2) is 4.98. The molecular formula is C11H9ClO4S. The van der Waals surface area contributed by atoms with Crippen LogP contribution in [0.15, 0.2) is 17.0 Å². The van der Waals surface area contributed by atoms with Crippen LogP contribution in [0, 0.1) is 0 Å². The van der Waals surface area contributed by atoms with E-state index < -0.39 is 6.10 Å². The van der Waals surface area contributed by atoms with Crippen molar-refractivity contribution in [1.29, 1.82) is 0 Å². The van der Waals surface area contributed by atoms with Crippen LogP contribution in [0.1, 0.15) is 23.2 Å². The molecule has 1 N–H and O–H groups in total. The summed E-state index contributed by atoms with van der Waals surface area (Å²) in [6.07, 6.45) is 0.471. The van der Waals surface area contributed by atoms with E-state index in [4.69, 9.17) is 15.4 Å². The standard InChI is InChI=1S/C11H9ClO4S/c12-17-9-2-1-7(14)10-8(15)5-6(3-4-13)16-11(9)10/h1-2,4,6,14H,3,5H2. The Balaban J connectivity index is 2.47. The molecule has 0 spiro atoms. The molecule has 1 aliphatic heterocycles. The van der Waals surface area contributed by atoms with Crippen molar-refractivity contribution in [3.63, 3.8) is 0 Å². The molecule has 1 aromatic carbocycles. The Bertz CT molecular complexity index is 475. The average Bonchev–Trinajstić information content (AvgIpc) is 2.29. The molecule has 0 bridgehead atoms. The van der Waals surface area contributed by atoms with Gasteiger partial charge in [-0.1, -0.05) is 0 Å². The van der Waals surface area contributed by atoms with Gasteiger partial charge in [-0.2, -0.15) is 0 Å². The Morgan fingerprint density at radius 3 is 3.00 bits per heavy atom. The van der Waals surface area contributed by atoms with Crippen molar-refractivity contribution in [3.8, 4) is 11.5 Å². The summed E-state index contributed by atoms with van der Waals surface area (Å²) in [5.74, 6) is -0.0831. The van der Waals surface area contributed by atoms with E-state index in [1.165, 1.54) is 6.07 Å². The zero-order valence-electron chi connectivity index (χ0n) is 8.68. The minimum absolute atomic E-state index is 0.0930. The van der Waals surface area contributed by atoms with Gasteiger partial charge in [-0.05, 0) is 33.8 Å². The van der Waals surface area contributed by atoms with Crippen molar-refractivity contribution in [1.82, 2.24) is 0 Å². The summed E-state index contributed by atoms with van der Waals surface area (Å²) in [7, 11) is 6.57. The molecule has 0 saturated heterocycles. The maximum Gasteiger partial charge on any atom is 0.174 e. The zero-order chi connectivity index (χ0) is 12.4. The molecule has 0 aromatic heterocycles. The lowest BCUT2D eigenvalue weighted by molar-refractivity contribution is -0.109. The smallest absolute Gasteiger partial charge is 0.174 e. The third-order valence-corrected chi connectivity index (χ3v) is 3.50. The number of rotatable bonds is 3. The molecule has 0 fully saturated rings. The summed E-state index contributed by atoms with van der Waals surface area (Å²) in [6.45, 7) is 0. The molecule has 1 atom stereocenters. The van der Waals surface area contributed by atoms with Crippen LogP contribution in [0.4, 0.5) is 0 Å². The molecule has 90 valence electrons. The van der Waals surface area contributed by atoms with E-state index in [-0.39, 0.29) is 35.7 Å². The Kier molecular flexibility index (Phi) is 3.59. The van der Waals surface area contributed by atoms with Crippen molar-refractivity contribution in [2.75, 3.05) is 0 Å². The van der Waals surface area contributed by atoms with Crippen molar-refractivity contribution in [2.45, 2.75) is 23.8 Å². The number of hydrogen-bond donors (Lipinski definition) is 1. The number of aldehydes is 1. The van der Waals surface area contributed by atoms with Gasteiger partial charge in [-0.3, -0.25) is 4.79 Å². The molecule has 0 aliphatic carbocycles. The highest BCUT2D eigenvalue weighted by Crippen LogP contribution is 2.43. The van der Waals surface area contributed by atoms with Crippen LogP contribution in [0.2, 0.25) is 0 Å². The van der Waals surface area contributed by atoms with E-state index in [0.717, 1.165) is 11.0 Å². The van der Waals surface area contributed by atoms with Gasteiger partial charge >= 0.3 is 0 Å². The molecule has 0 saturated carbocycles. The number of ether oxygens (including phenoxy) is 1. The summed E-state index contributed by atoms with van der Waals surface area (Å²) in [5, 5.41) is 9.64. The fourth-order valence-electron chi connectivity index (χ4n) is 1.76. The molecule has 0 radical (unpaired) electrons. The third-order valence-electron chi connectivity index (χ3n) is 2.52. The second-order valence-corrected chi connectivity index (χ2v) is 4.69. The predicted octanol–water partition coefficient (Wildman–Crippen LogP) is 2.56. The highest BCUT2D eigenvalue weighted by Gasteiger charge is 2.30. The first-order valence-corrected chi connectivity index (χ1v) is 6.59. The minimum atomic E-state index is -0.475. The summed E-state index contributed by atoms with van der Waals surface area (Å²) >= 11 is 0. The SMILES string of the molecule is O=CCC1CC(=O)c2c(O)ccc(SCl)c2O1. The number of aromatic hydroxyl groups is 1. The number of phenols is 1. The molecule has 4 nitrogen and oxygen atoms in total. The summed E-state index contributed by atoms with van der Waals surface area (Å²) in [5.41, 5.74) is 0.151. The number of phenolic OH excluding ortho intramolecular Hbond substituents is 1. The fraction of sp³-hybridized carbons (Fsp3) is 0.273. The van der Waals surface area contributed by atoms with E-state index in [1.54, 1.807) is 6.07 Å². The van der Waals surface area contributed by atoms with Gasteiger partial charge in [-0.15, -0.1) is 0 Å². The van der Waals surface area contributed by atoms with Crippen molar-refractivity contribution >= 4 is 33.7 Å². The highest BCUT2D eigenvalue weighted by atomic mass is 35.7. The number of carbonyl (C=O) groups excluding carboxylic acids is 2. The Labute approximate surface area is 106 Å². The molecule has 1 heterocycles. The topological polar surface area (TPSA) is 63.6 Å². The molecule has 0 amide bonds. The number of benzene rings is 1. The number of hydrogen-bond acceptors (Lipinski definition) is 5. The van der Waals surface area contributed by atoms with Crippen LogP contribution < -0.4 is 4.74 Å². The van der Waals surface area contributed by atoms with Crippen LogP contribution in [0.5, 0.6) is 11.5 Å². The average molecular weight is 273 g/mol. The lowest BCUT2D eigenvalue weighted by Gasteiger charge is -2.25. The summed E-state index contributed by atoms with van der Waals surface area (Å²) < 4.78 is 5.53. The molecule has 1 aliphatic rings. The van der Waals surface area contributed by atoms with Crippen molar-refractivity contribution in [2.24, 2.45) is 0 Å². The third kappa shape index (κ3) is 2.25. The van der Waals surface area contributed by atoms with Gasteiger partial charge in [0, 0.05) is 12.8 Å². The van der Waals surface area contributed by atoms with Crippen LogP contribution in [0.25, 0.3) is 0 Å². The van der Waals surface area contributed by atoms with Crippen LogP contribution in [-0.4, -0.2) is 23.3 Å². The van der Waals surface area contributed by atoms with Gasteiger partial charge in [-0.25, -0.2) is 0 Å². The quantitative estimate of drug-likeness (QED) is 0.857. The number of ketones is 1. The first-order valence-electron chi connectivity index (χ1n) is 4.95. The largest absolute Gasteiger partial charge is 0.507 e. The van der Waals surface area contributed by atoms with Crippen LogP contribution >= 0.6 is 21.7 Å². The summed E-state index contributed by atoms with van der Waals surface area (Å²) in [4.78, 5) is 22.9. The second-order valence-electron chi connectivity index (χ2n) is 3.63. The van der Waals surface area contributed by atoms with E-state index in [1.807, 2.05) is 0 Å². The Hall–Kier alpha value is -1.20. The highest BCUT2D eigenvalue weighted by molar-refractivity contribution is 8.21. The van der Waals surface area contributed by atoms with Gasteiger partial charge in [0.15, 0.2) is 5.78 Å². The zero-order valence-corrected chi connectivity index (χ0v) is 10.3. The predicted molar refractivity (Wildman–Crippen MR) is 63.9 cm³/mol. The van der Waals surface area contributed by atoms with E-state index in [2.05, 4.69) is 0 Å². The van der Waals surface area contributed by atoms with Gasteiger partial charge in [0.25, 0.3) is 0 Å². The monoisotopic (exact) mass is 272 g/mol. The lowest BCUT2D eigenvalue weighted by Crippen LogP contribution is -2.27. The van der Waals surface area contributed by atoms with E-state index in [0.29, 0.717) is 11.2 Å². The van der Waals surface area contributed by atoms with E-state index >= 15 is 0 Å². The number of Topliss-reactive ketones (excluding diaryl/α,β-unsaturated/α-hetero) is 1. The lowest BCUT2D eigenvalue weighted by atomic mass is 9.98. The van der Waals surface area contributed by atoms with Gasteiger partial charge in [0.05, 0.1) is 4.90 Å². The molecule has 1 unspecified atom stereocenters. The molecule has 2 rings (SSSR count). The number of halogens is 1.